The van der Waals surface area contributed by atoms with Gasteiger partial charge in [0, 0.05) is 18.0 Å². The summed E-state index contributed by atoms with van der Waals surface area (Å²) in [6.07, 6.45) is 1.23. The van der Waals surface area contributed by atoms with Crippen LogP contribution in [0.4, 0.5) is 17.2 Å². The van der Waals surface area contributed by atoms with Crippen molar-refractivity contribution in [1.82, 2.24) is 4.98 Å². The number of hydrogen-bond acceptors (Lipinski definition) is 5. The van der Waals surface area contributed by atoms with Gasteiger partial charge >= 0.3 is 5.97 Å². The van der Waals surface area contributed by atoms with E-state index in [2.05, 4.69) is 10.3 Å². The highest BCUT2D eigenvalue weighted by atomic mass is 35.5. The number of anilines is 3. The fraction of sp³-hybridized carbons (Fsp3) is 0.0769. The summed E-state index contributed by atoms with van der Waals surface area (Å²) in [6, 6.07) is 6.43. The van der Waals surface area contributed by atoms with Gasteiger partial charge in [0.05, 0.1) is 23.4 Å². The average Bonchev–Trinajstić information content (AvgIpc) is 2.42. The number of aromatic carboxylic acids is 1. The van der Waals surface area contributed by atoms with E-state index in [-0.39, 0.29) is 11.3 Å². The Morgan fingerprint density at radius 2 is 2.20 bits per heavy atom. The number of ether oxygens (including phenoxy) is 1. The lowest BCUT2D eigenvalue weighted by Crippen LogP contribution is -2.04. The second-order valence-electron chi connectivity index (χ2n) is 3.94. The predicted octanol–water partition coefficient (Wildman–Crippen LogP) is 2.77. The van der Waals surface area contributed by atoms with Gasteiger partial charge in [-0.1, -0.05) is 11.6 Å². The molecule has 4 N–H and O–H groups in total. The zero-order chi connectivity index (χ0) is 14.7. The number of carbonyl (C=O) groups is 1. The first-order valence-corrected chi connectivity index (χ1v) is 5.98. The third-order valence-corrected chi connectivity index (χ3v) is 2.89. The molecule has 1 aromatic carbocycles. The molecule has 0 aliphatic heterocycles. The van der Waals surface area contributed by atoms with Crippen molar-refractivity contribution in [2.24, 2.45) is 0 Å². The van der Waals surface area contributed by atoms with E-state index in [1.54, 1.807) is 18.2 Å². The molecule has 2 rings (SSSR count). The second-order valence-corrected chi connectivity index (χ2v) is 4.35. The number of nitrogens with zero attached hydrogens (tertiary/aromatic N) is 1. The number of nitrogen functional groups attached to an aromatic ring is 1. The first-order valence-electron chi connectivity index (χ1n) is 5.60. The monoisotopic (exact) mass is 293 g/mol. The number of hydrogen-bond donors (Lipinski definition) is 3. The summed E-state index contributed by atoms with van der Waals surface area (Å²) in [4.78, 5) is 14.8. The van der Waals surface area contributed by atoms with E-state index in [0.717, 1.165) is 0 Å². The average molecular weight is 294 g/mol. The lowest BCUT2D eigenvalue weighted by Gasteiger charge is -2.10. The van der Waals surface area contributed by atoms with Crippen LogP contribution in [0.5, 0.6) is 5.75 Å². The molecule has 0 spiro atoms. The van der Waals surface area contributed by atoms with Crippen LogP contribution in [0, 0.1) is 0 Å². The maximum Gasteiger partial charge on any atom is 0.337 e. The van der Waals surface area contributed by atoms with Crippen LogP contribution >= 0.6 is 11.6 Å². The molecule has 20 heavy (non-hydrogen) atoms. The number of rotatable bonds is 4. The van der Waals surface area contributed by atoms with Gasteiger partial charge in [0.2, 0.25) is 0 Å². The predicted molar refractivity (Wildman–Crippen MR) is 76.9 cm³/mol. The maximum absolute atomic E-state index is 10.8. The smallest absolute Gasteiger partial charge is 0.337 e. The molecular weight excluding hydrogens is 282 g/mol. The van der Waals surface area contributed by atoms with Crippen molar-refractivity contribution in [3.05, 3.63) is 41.0 Å². The van der Waals surface area contributed by atoms with E-state index in [0.29, 0.717) is 22.3 Å². The van der Waals surface area contributed by atoms with Crippen LogP contribution in [0.25, 0.3) is 0 Å². The molecule has 0 unspecified atom stereocenters. The Labute approximate surface area is 120 Å². The first-order chi connectivity index (χ1) is 9.51. The lowest BCUT2D eigenvalue weighted by molar-refractivity contribution is 0.0696. The number of benzene rings is 1. The largest absolute Gasteiger partial charge is 0.495 e. The van der Waals surface area contributed by atoms with Crippen LogP contribution in [0.15, 0.2) is 30.5 Å². The molecule has 0 saturated carbocycles. The van der Waals surface area contributed by atoms with Gasteiger partial charge in [0.25, 0.3) is 0 Å². The zero-order valence-electron chi connectivity index (χ0n) is 10.6. The van der Waals surface area contributed by atoms with Crippen LogP contribution < -0.4 is 15.8 Å². The van der Waals surface area contributed by atoms with Crippen LogP contribution in [0.2, 0.25) is 5.02 Å². The van der Waals surface area contributed by atoms with E-state index in [1.807, 2.05) is 0 Å². The van der Waals surface area contributed by atoms with Gasteiger partial charge in [-0.25, -0.2) is 9.78 Å². The zero-order valence-corrected chi connectivity index (χ0v) is 11.3. The number of methoxy groups -OCH3 is 1. The van der Waals surface area contributed by atoms with E-state index in [9.17, 15) is 4.79 Å². The maximum atomic E-state index is 10.8. The Bertz CT molecular complexity index is 661. The molecule has 0 aliphatic carbocycles. The highest BCUT2D eigenvalue weighted by Gasteiger charge is 2.09. The van der Waals surface area contributed by atoms with Gasteiger partial charge in [-0.05, 0) is 18.2 Å². The van der Waals surface area contributed by atoms with E-state index in [1.165, 1.54) is 19.4 Å². The Balaban J connectivity index is 2.28. The molecule has 0 atom stereocenters. The number of aromatic nitrogens is 1. The molecule has 6 nitrogen and oxygen atoms in total. The molecule has 1 aromatic heterocycles. The Morgan fingerprint density at radius 1 is 1.45 bits per heavy atom. The Kier molecular flexibility index (Phi) is 3.95. The fourth-order valence-corrected chi connectivity index (χ4v) is 1.77. The fourth-order valence-electron chi connectivity index (χ4n) is 1.58. The third kappa shape index (κ3) is 2.92. The molecule has 0 amide bonds. The molecule has 2 aromatic rings. The van der Waals surface area contributed by atoms with Gasteiger partial charge in [0.15, 0.2) is 5.82 Å². The highest BCUT2D eigenvalue weighted by Crippen LogP contribution is 2.29. The van der Waals surface area contributed by atoms with Crippen molar-refractivity contribution >= 4 is 34.8 Å². The van der Waals surface area contributed by atoms with E-state index >= 15 is 0 Å². The second kappa shape index (κ2) is 5.66. The number of nitrogens with two attached hydrogens (primary N) is 1. The minimum Gasteiger partial charge on any atom is -0.495 e. The summed E-state index contributed by atoms with van der Waals surface area (Å²) in [5, 5.41) is 12.3. The minimum atomic E-state index is -1.08. The molecule has 1 heterocycles. The van der Waals surface area contributed by atoms with Gasteiger partial charge in [-0.15, -0.1) is 0 Å². The highest BCUT2D eigenvalue weighted by molar-refractivity contribution is 6.32. The van der Waals surface area contributed by atoms with Crippen molar-refractivity contribution in [1.29, 1.82) is 0 Å². The Morgan fingerprint density at radius 3 is 2.80 bits per heavy atom. The van der Waals surface area contributed by atoms with Crippen molar-refractivity contribution in [3.8, 4) is 5.75 Å². The number of carboxylic acids is 1. The molecule has 7 heteroatoms. The van der Waals surface area contributed by atoms with Crippen molar-refractivity contribution < 1.29 is 14.6 Å². The van der Waals surface area contributed by atoms with Gasteiger partial charge in [-0.2, -0.15) is 0 Å². The molecule has 0 aliphatic rings. The number of nitrogens with one attached hydrogen (secondary N) is 1. The van der Waals surface area contributed by atoms with Crippen molar-refractivity contribution in [2.45, 2.75) is 0 Å². The van der Waals surface area contributed by atoms with Crippen LogP contribution in [0.1, 0.15) is 10.4 Å². The molecule has 0 saturated heterocycles. The number of halogens is 1. The molecule has 104 valence electrons. The topological polar surface area (TPSA) is 97.5 Å². The van der Waals surface area contributed by atoms with Crippen molar-refractivity contribution in [2.75, 3.05) is 18.2 Å². The summed E-state index contributed by atoms with van der Waals surface area (Å²) in [7, 11) is 1.51. The summed E-state index contributed by atoms with van der Waals surface area (Å²) in [5.74, 6) is -0.208. The minimum absolute atomic E-state index is 0.0294. The quantitative estimate of drug-likeness (QED) is 0.802. The van der Waals surface area contributed by atoms with Gasteiger partial charge < -0.3 is 20.9 Å². The van der Waals surface area contributed by atoms with Gasteiger partial charge in [-0.3, -0.25) is 0 Å². The number of pyridine rings is 1. The van der Waals surface area contributed by atoms with E-state index < -0.39 is 5.97 Å². The standard InChI is InChI=1S/C13H12ClN3O3/c1-20-11-5-8(2-3-9(11)14)17-12-10(15)4-7(6-16-12)13(18)19/h2-6H,15H2,1H3,(H,16,17)(H,18,19). The van der Waals surface area contributed by atoms with Crippen LogP contribution in [-0.4, -0.2) is 23.2 Å². The SMILES string of the molecule is COc1cc(Nc2ncc(C(=O)O)cc2N)ccc1Cl. The molecular formula is C13H12ClN3O3. The normalized spacial score (nSPS) is 10.1. The lowest BCUT2D eigenvalue weighted by atomic mass is 10.2. The summed E-state index contributed by atoms with van der Waals surface area (Å²) in [5.41, 5.74) is 6.70. The Hall–Kier alpha value is -2.47. The van der Waals surface area contributed by atoms with Gasteiger partial charge in [0.1, 0.15) is 5.75 Å². The summed E-state index contributed by atoms with van der Waals surface area (Å²) >= 11 is 5.93. The molecule has 0 radical (unpaired) electrons. The first kappa shape index (κ1) is 14.0. The van der Waals surface area contributed by atoms with E-state index in [4.69, 9.17) is 27.2 Å². The molecule has 0 bridgehead atoms. The number of carboxylic acid groups (broad SMARTS) is 1. The van der Waals surface area contributed by atoms with Crippen LogP contribution in [-0.2, 0) is 0 Å². The van der Waals surface area contributed by atoms with Crippen molar-refractivity contribution in [3.63, 3.8) is 0 Å². The summed E-state index contributed by atoms with van der Waals surface area (Å²) in [6.45, 7) is 0. The third-order valence-electron chi connectivity index (χ3n) is 2.58. The summed E-state index contributed by atoms with van der Waals surface area (Å²) < 4.78 is 5.10. The molecule has 0 fully saturated rings. The van der Waals surface area contributed by atoms with Crippen LogP contribution in [0.3, 0.4) is 0 Å².